The summed E-state index contributed by atoms with van der Waals surface area (Å²) in [5, 5.41) is 2.90. The third-order valence-corrected chi connectivity index (χ3v) is 11.4. The Balaban J connectivity index is 1.65. The molecule has 1 atom stereocenters. The van der Waals surface area contributed by atoms with Gasteiger partial charge in [0.15, 0.2) is 0 Å². The number of carbonyl (C=O) groups excluding carboxylic acids is 1. The maximum absolute atomic E-state index is 13.1. The molecule has 160 valence electrons. The lowest BCUT2D eigenvalue weighted by Gasteiger charge is -2.33. The van der Waals surface area contributed by atoms with Crippen LogP contribution >= 0.6 is 0 Å². The van der Waals surface area contributed by atoms with Gasteiger partial charge in [0.1, 0.15) is 8.07 Å². The van der Waals surface area contributed by atoms with Crippen molar-refractivity contribution in [2.24, 2.45) is 5.92 Å². The third kappa shape index (κ3) is 5.34. The van der Waals surface area contributed by atoms with Gasteiger partial charge in [-0.15, -0.1) is 0 Å². The summed E-state index contributed by atoms with van der Waals surface area (Å²) in [5.74, 6) is 0.684. The topological polar surface area (TPSA) is 20.3 Å². The van der Waals surface area contributed by atoms with E-state index in [-0.39, 0.29) is 0 Å². The number of amides is 1. The van der Waals surface area contributed by atoms with Crippen LogP contribution in [0, 0.1) is 5.92 Å². The quantitative estimate of drug-likeness (QED) is 0.475. The molecule has 4 rings (SSSR count). The monoisotopic (exact) mass is 427 g/mol. The minimum absolute atomic E-state index is 0.340. The zero-order chi connectivity index (χ0) is 21.5. The first-order chi connectivity index (χ1) is 15.1. The van der Waals surface area contributed by atoms with Crippen LogP contribution < -0.4 is 10.4 Å². The minimum Gasteiger partial charge on any atom is -0.343 e. The molecule has 3 aromatic carbocycles. The molecule has 1 aliphatic heterocycles. The van der Waals surface area contributed by atoms with E-state index in [1.807, 2.05) is 0 Å². The molecule has 3 heteroatoms. The molecule has 2 nitrogen and oxygen atoms in total. The molecule has 1 aliphatic rings. The average molecular weight is 428 g/mol. The van der Waals surface area contributed by atoms with Crippen LogP contribution in [0.25, 0.3) is 0 Å². The maximum Gasteiger partial charge on any atom is 0.222 e. The standard InChI is InChI=1S/C28H33NOSi/c1-31(26-15-7-3-8-16-26,27-17-9-4-10-18-27)23-25(21-24-13-5-2-6-14-24)22-28(30)29-19-11-12-20-29/h2-10,13-18,25H,11-12,19-23H2,1H3. The normalized spacial score (nSPS) is 15.1. The fourth-order valence-corrected chi connectivity index (χ4v) is 9.20. The van der Waals surface area contributed by atoms with Crippen molar-refractivity contribution in [3.8, 4) is 0 Å². The van der Waals surface area contributed by atoms with E-state index in [2.05, 4.69) is 102 Å². The molecule has 1 fully saturated rings. The lowest BCUT2D eigenvalue weighted by molar-refractivity contribution is -0.131. The second kappa shape index (κ2) is 10.1. The highest BCUT2D eigenvalue weighted by Gasteiger charge is 2.35. The molecule has 0 bridgehead atoms. The van der Waals surface area contributed by atoms with Gasteiger partial charge >= 0.3 is 0 Å². The maximum atomic E-state index is 13.1. The Bertz CT molecular complexity index is 913. The van der Waals surface area contributed by atoms with Gasteiger partial charge in [0, 0.05) is 19.5 Å². The van der Waals surface area contributed by atoms with Crippen LogP contribution in [-0.4, -0.2) is 32.0 Å². The van der Waals surface area contributed by atoms with Gasteiger partial charge in [0.05, 0.1) is 0 Å². The van der Waals surface area contributed by atoms with Crippen molar-refractivity contribution in [2.45, 2.75) is 38.3 Å². The molecule has 0 N–H and O–H groups in total. The fourth-order valence-electron chi connectivity index (χ4n) is 5.10. The Labute approximate surface area is 187 Å². The van der Waals surface area contributed by atoms with Crippen molar-refractivity contribution >= 4 is 24.4 Å². The lowest BCUT2D eigenvalue weighted by Crippen LogP contribution is -2.56. The molecule has 1 amide bonds. The number of carbonyl (C=O) groups is 1. The highest BCUT2D eigenvalue weighted by atomic mass is 28.3. The van der Waals surface area contributed by atoms with E-state index in [9.17, 15) is 4.79 Å². The smallest absolute Gasteiger partial charge is 0.222 e. The molecule has 0 aromatic heterocycles. The van der Waals surface area contributed by atoms with Crippen LogP contribution in [-0.2, 0) is 11.2 Å². The van der Waals surface area contributed by atoms with E-state index < -0.39 is 8.07 Å². The highest BCUT2D eigenvalue weighted by molar-refractivity contribution is 7.01. The van der Waals surface area contributed by atoms with Crippen LogP contribution in [0.1, 0.15) is 24.8 Å². The Morgan fingerprint density at radius 2 is 1.29 bits per heavy atom. The number of benzene rings is 3. The van der Waals surface area contributed by atoms with Gasteiger partial charge in [0.25, 0.3) is 0 Å². The number of hydrogen-bond donors (Lipinski definition) is 0. The van der Waals surface area contributed by atoms with Crippen LogP contribution in [0.3, 0.4) is 0 Å². The number of nitrogens with zero attached hydrogens (tertiary/aromatic N) is 1. The van der Waals surface area contributed by atoms with Crippen LogP contribution in [0.5, 0.6) is 0 Å². The van der Waals surface area contributed by atoms with Crippen molar-refractivity contribution in [3.63, 3.8) is 0 Å². The molecule has 0 radical (unpaired) electrons. The molecule has 0 aliphatic carbocycles. The van der Waals surface area contributed by atoms with Crippen LogP contribution in [0.4, 0.5) is 0 Å². The SMILES string of the molecule is C[Si](CC(CC(=O)N1CCCC1)Cc1ccccc1)(c1ccccc1)c1ccccc1. The van der Waals surface area contributed by atoms with Crippen molar-refractivity contribution in [3.05, 3.63) is 96.6 Å². The van der Waals surface area contributed by atoms with Crippen molar-refractivity contribution in [1.29, 1.82) is 0 Å². The third-order valence-electron chi connectivity index (χ3n) is 6.81. The highest BCUT2D eigenvalue weighted by Crippen LogP contribution is 2.26. The van der Waals surface area contributed by atoms with Gasteiger partial charge < -0.3 is 4.90 Å². The van der Waals surface area contributed by atoms with Crippen molar-refractivity contribution in [1.82, 2.24) is 4.90 Å². The van der Waals surface area contributed by atoms with Crippen LogP contribution in [0.2, 0.25) is 12.6 Å². The van der Waals surface area contributed by atoms with E-state index in [0.29, 0.717) is 18.2 Å². The largest absolute Gasteiger partial charge is 0.343 e. The molecule has 31 heavy (non-hydrogen) atoms. The number of hydrogen-bond acceptors (Lipinski definition) is 1. The van der Waals surface area contributed by atoms with Gasteiger partial charge in [-0.2, -0.15) is 0 Å². The number of likely N-dealkylation sites (tertiary alicyclic amines) is 1. The summed E-state index contributed by atoms with van der Waals surface area (Å²) in [5.41, 5.74) is 1.33. The summed E-state index contributed by atoms with van der Waals surface area (Å²) in [7, 11) is -2.00. The first kappa shape index (κ1) is 21.6. The molecule has 3 aromatic rings. The summed E-state index contributed by atoms with van der Waals surface area (Å²) in [6.45, 7) is 4.35. The molecule has 0 spiro atoms. The predicted octanol–water partition coefficient (Wildman–Crippen LogP) is 4.75. The first-order valence-electron chi connectivity index (χ1n) is 11.6. The average Bonchev–Trinajstić information content (AvgIpc) is 3.36. The summed E-state index contributed by atoms with van der Waals surface area (Å²) < 4.78 is 0. The first-order valence-corrected chi connectivity index (χ1v) is 14.3. The Hall–Kier alpha value is -2.65. The van der Waals surface area contributed by atoms with Crippen molar-refractivity contribution in [2.75, 3.05) is 13.1 Å². The fraction of sp³-hybridized carbons (Fsp3) is 0.321. The lowest BCUT2D eigenvalue weighted by atomic mass is 9.97. The summed E-state index contributed by atoms with van der Waals surface area (Å²) >= 11 is 0. The zero-order valence-electron chi connectivity index (χ0n) is 18.5. The Morgan fingerprint density at radius 1 is 0.806 bits per heavy atom. The Kier molecular flexibility index (Phi) is 7.03. The molecule has 0 saturated carbocycles. The van der Waals surface area contributed by atoms with Gasteiger partial charge in [-0.05, 0) is 36.8 Å². The molecular weight excluding hydrogens is 394 g/mol. The van der Waals surface area contributed by atoms with Gasteiger partial charge in [-0.3, -0.25) is 4.79 Å². The minimum atomic E-state index is -2.00. The Morgan fingerprint density at radius 3 is 1.81 bits per heavy atom. The zero-order valence-corrected chi connectivity index (χ0v) is 19.5. The summed E-state index contributed by atoms with van der Waals surface area (Å²) in [4.78, 5) is 15.2. The van der Waals surface area contributed by atoms with E-state index in [1.165, 1.54) is 15.9 Å². The number of rotatable bonds is 8. The summed E-state index contributed by atoms with van der Waals surface area (Å²) in [6, 6.07) is 33.8. The van der Waals surface area contributed by atoms with Gasteiger partial charge in [-0.1, -0.05) is 108 Å². The second-order valence-electron chi connectivity index (χ2n) is 9.12. The van der Waals surface area contributed by atoms with Gasteiger partial charge in [-0.25, -0.2) is 0 Å². The van der Waals surface area contributed by atoms with Crippen molar-refractivity contribution < 1.29 is 4.79 Å². The van der Waals surface area contributed by atoms with E-state index in [0.717, 1.165) is 38.4 Å². The molecule has 1 unspecified atom stereocenters. The van der Waals surface area contributed by atoms with Gasteiger partial charge in [0.2, 0.25) is 5.91 Å². The van der Waals surface area contributed by atoms with E-state index >= 15 is 0 Å². The molecule has 1 saturated heterocycles. The van der Waals surface area contributed by atoms with E-state index in [4.69, 9.17) is 0 Å². The second-order valence-corrected chi connectivity index (χ2v) is 13.3. The molecular formula is C28H33NOSi. The van der Waals surface area contributed by atoms with Crippen LogP contribution in [0.15, 0.2) is 91.0 Å². The predicted molar refractivity (Wildman–Crippen MR) is 133 cm³/mol. The van der Waals surface area contributed by atoms with E-state index in [1.54, 1.807) is 0 Å². The summed E-state index contributed by atoms with van der Waals surface area (Å²) in [6.07, 6.45) is 3.91. The molecule has 1 heterocycles.